The number of thiophene rings is 1. The molecule has 1 saturated heterocycles. The van der Waals surface area contributed by atoms with Gasteiger partial charge in [0.1, 0.15) is 16.9 Å². The van der Waals surface area contributed by atoms with Crippen LogP contribution < -0.4 is 5.32 Å². The largest absolute Gasteiger partial charge is 0.389 e. The summed E-state index contributed by atoms with van der Waals surface area (Å²) in [7, 11) is 0. The van der Waals surface area contributed by atoms with Crippen LogP contribution in [0.3, 0.4) is 0 Å². The second-order valence-electron chi connectivity index (χ2n) is 10.0. The van der Waals surface area contributed by atoms with Gasteiger partial charge in [0.15, 0.2) is 11.6 Å². The zero-order chi connectivity index (χ0) is 27.9. The van der Waals surface area contributed by atoms with Crippen LogP contribution in [0.5, 0.6) is 0 Å². The minimum absolute atomic E-state index is 0.0634. The van der Waals surface area contributed by atoms with Crippen molar-refractivity contribution in [2.24, 2.45) is 0 Å². The molecule has 39 heavy (non-hydrogen) atoms. The minimum Gasteiger partial charge on any atom is -0.389 e. The Morgan fingerprint density at radius 3 is 2.67 bits per heavy atom. The van der Waals surface area contributed by atoms with E-state index in [1.54, 1.807) is 11.0 Å². The number of hydrogen-bond acceptors (Lipinski definition) is 6. The normalized spacial score (nSPS) is 14.4. The van der Waals surface area contributed by atoms with Crippen LogP contribution >= 0.6 is 11.3 Å². The van der Waals surface area contributed by atoms with Crippen LogP contribution in [0.15, 0.2) is 30.3 Å². The average Bonchev–Trinajstić information content (AvgIpc) is 3.39. The van der Waals surface area contributed by atoms with Gasteiger partial charge in [0.05, 0.1) is 23.6 Å². The van der Waals surface area contributed by atoms with E-state index in [4.69, 9.17) is 6.57 Å². The zero-order valence-corrected chi connectivity index (χ0v) is 22.1. The standard InChI is InChI=1S/C27H25F3N6O2S/c1-27(2,38)14-36-24-20(33-34-36)12-17(22(29)23(24)30)25-16(15-5-6-19(31-3)18(28)11-15)13-21(39-25)26(37)35-9-4-7-32-8-10-35/h5-6,11-13,32,38H,4,7-10,14H2,1-2H3. The molecule has 3 heterocycles. The van der Waals surface area contributed by atoms with E-state index < -0.39 is 23.1 Å². The highest BCUT2D eigenvalue weighted by Crippen LogP contribution is 2.43. The van der Waals surface area contributed by atoms with Gasteiger partial charge in [-0.1, -0.05) is 17.3 Å². The monoisotopic (exact) mass is 554 g/mol. The fraction of sp³-hybridized carbons (Fsp3) is 0.333. The number of hydrogen-bond donors (Lipinski definition) is 2. The first-order valence-electron chi connectivity index (χ1n) is 12.3. The summed E-state index contributed by atoms with van der Waals surface area (Å²) in [5.74, 6) is -3.39. The predicted octanol–water partition coefficient (Wildman–Crippen LogP) is 5.00. The maximum atomic E-state index is 15.7. The molecule has 1 aliphatic rings. The van der Waals surface area contributed by atoms with Gasteiger partial charge in [-0.05, 0) is 50.6 Å². The lowest BCUT2D eigenvalue weighted by Crippen LogP contribution is -2.33. The molecule has 0 atom stereocenters. The first-order chi connectivity index (χ1) is 18.6. The molecule has 5 rings (SSSR count). The van der Waals surface area contributed by atoms with E-state index in [1.165, 1.54) is 32.0 Å². The van der Waals surface area contributed by atoms with E-state index in [0.717, 1.165) is 35.1 Å². The number of amides is 1. The van der Waals surface area contributed by atoms with Crippen LogP contribution in [-0.2, 0) is 6.54 Å². The molecule has 0 aliphatic carbocycles. The van der Waals surface area contributed by atoms with Gasteiger partial charge in [0.2, 0.25) is 5.69 Å². The van der Waals surface area contributed by atoms with Gasteiger partial charge in [-0.15, -0.1) is 16.4 Å². The maximum absolute atomic E-state index is 15.7. The molecule has 12 heteroatoms. The molecular formula is C27H25F3N6O2S. The molecule has 4 aromatic rings. The van der Waals surface area contributed by atoms with Crippen molar-refractivity contribution in [2.75, 3.05) is 26.2 Å². The summed E-state index contributed by atoms with van der Waals surface area (Å²) in [6, 6.07) is 6.86. The van der Waals surface area contributed by atoms with Crippen molar-refractivity contribution in [3.8, 4) is 21.6 Å². The van der Waals surface area contributed by atoms with Crippen LogP contribution in [0.2, 0.25) is 0 Å². The van der Waals surface area contributed by atoms with Gasteiger partial charge >= 0.3 is 0 Å². The second kappa shape index (κ2) is 10.4. The molecule has 202 valence electrons. The number of nitrogens with one attached hydrogen (secondary N) is 1. The molecule has 2 N–H and O–H groups in total. The maximum Gasteiger partial charge on any atom is 0.264 e. The van der Waals surface area contributed by atoms with Crippen molar-refractivity contribution in [1.82, 2.24) is 25.2 Å². The van der Waals surface area contributed by atoms with Crippen molar-refractivity contribution >= 4 is 34.0 Å². The number of carbonyl (C=O) groups excluding carboxylic acids is 1. The summed E-state index contributed by atoms with van der Waals surface area (Å²) < 4.78 is 46.9. The highest BCUT2D eigenvalue weighted by Gasteiger charge is 2.28. The van der Waals surface area contributed by atoms with Gasteiger partial charge in [-0.25, -0.2) is 22.7 Å². The van der Waals surface area contributed by atoms with E-state index >= 15 is 8.78 Å². The van der Waals surface area contributed by atoms with Crippen LogP contribution in [0.4, 0.5) is 18.9 Å². The number of aromatic nitrogens is 3. The fourth-order valence-corrected chi connectivity index (χ4v) is 5.75. The van der Waals surface area contributed by atoms with E-state index in [0.29, 0.717) is 35.6 Å². The molecule has 8 nitrogen and oxygen atoms in total. The third-order valence-electron chi connectivity index (χ3n) is 6.41. The van der Waals surface area contributed by atoms with E-state index in [1.807, 2.05) is 0 Å². The summed E-state index contributed by atoms with van der Waals surface area (Å²) >= 11 is 0.984. The predicted molar refractivity (Wildman–Crippen MR) is 142 cm³/mol. The molecule has 0 unspecified atom stereocenters. The second-order valence-corrected chi connectivity index (χ2v) is 11.1. The number of carbonyl (C=O) groups is 1. The summed E-state index contributed by atoms with van der Waals surface area (Å²) in [6.45, 7) is 12.5. The Balaban J connectivity index is 1.67. The molecule has 1 aliphatic heterocycles. The number of fused-ring (bicyclic) bond motifs is 1. The van der Waals surface area contributed by atoms with Crippen molar-refractivity contribution < 1.29 is 23.1 Å². The third kappa shape index (κ3) is 5.25. The Hall–Kier alpha value is -3.79. The first-order valence-corrected chi connectivity index (χ1v) is 13.1. The van der Waals surface area contributed by atoms with Gasteiger partial charge in [0, 0.05) is 35.6 Å². The molecule has 0 bridgehead atoms. The fourth-order valence-electron chi connectivity index (χ4n) is 4.59. The summed E-state index contributed by atoms with van der Waals surface area (Å²) in [4.78, 5) is 18.8. The van der Waals surface area contributed by atoms with E-state index in [9.17, 15) is 14.3 Å². The lowest BCUT2D eigenvalue weighted by Gasteiger charge is -2.18. The molecule has 1 fully saturated rings. The van der Waals surface area contributed by atoms with Crippen LogP contribution in [0.1, 0.15) is 29.9 Å². The van der Waals surface area contributed by atoms with Crippen molar-refractivity contribution in [2.45, 2.75) is 32.4 Å². The molecule has 2 aromatic heterocycles. The lowest BCUT2D eigenvalue weighted by atomic mass is 10.0. The summed E-state index contributed by atoms with van der Waals surface area (Å²) in [5.41, 5.74) is -1.07. The average molecular weight is 555 g/mol. The topological polar surface area (TPSA) is 87.6 Å². The number of benzene rings is 2. The zero-order valence-electron chi connectivity index (χ0n) is 21.3. The first kappa shape index (κ1) is 26.8. The molecular weight excluding hydrogens is 529 g/mol. The quantitative estimate of drug-likeness (QED) is 0.339. The third-order valence-corrected chi connectivity index (χ3v) is 7.57. The lowest BCUT2D eigenvalue weighted by molar-refractivity contribution is 0.0583. The highest BCUT2D eigenvalue weighted by atomic mass is 32.1. The molecule has 2 aromatic carbocycles. The summed E-state index contributed by atoms with van der Waals surface area (Å²) in [6.07, 6.45) is 0.775. The number of rotatable bonds is 5. The highest BCUT2D eigenvalue weighted by molar-refractivity contribution is 7.18. The van der Waals surface area contributed by atoms with Crippen LogP contribution in [0.25, 0.3) is 37.4 Å². The molecule has 0 saturated carbocycles. The van der Waals surface area contributed by atoms with Gasteiger partial charge < -0.3 is 15.3 Å². The Kier molecular flexibility index (Phi) is 7.15. The van der Waals surface area contributed by atoms with Gasteiger partial charge in [-0.3, -0.25) is 4.79 Å². The van der Waals surface area contributed by atoms with Crippen LogP contribution in [0, 0.1) is 24.0 Å². The smallest absolute Gasteiger partial charge is 0.264 e. The van der Waals surface area contributed by atoms with Gasteiger partial charge in [-0.2, -0.15) is 0 Å². The van der Waals surface area contributed by atoms with Crippen LogP contribution in [-0.4, -0.2) is 62.7 Å². The minimum atomic E-state index is -1.25. The summed E-state index contributed by atoms with van der Waals surface area (Å²) in [5, 5.41) is 21.3. The van der Waals surface area contributed by atoms with Gasteiger partial charge in [0.25, 0.3) is 5.91 Å². The van der Waals surface area contributed by atoms with Crippen molar-refractivity contribution in [3.05, 3.63) is 64.1 Å². The van der Waals surface area contributed by atoms with Crippen molar-refractivity contribution in [1.29, 1.82) is 0 Å². The Morgan fingerprint density at radius 2 is 1.95 bits per heavy atom. The molecule has 1 amide bonds. The Morgan fingerprint density at radius 1 is 1.15 bits per heavy atom. The molecule has 0 spiro atoms. The molecule has 0 radical (unpaired) electrons. The number of nitrogens with zero attached hydrogens (tertiary/aromatic N) is 5. The van der Waals surface area contributed by atoms with E-state index in [2.05, 4.69) is 20.5 Å². The van der Waals surface area contributed by atoms with E-state index in [-0.39, 0.29) is 39.6 Å². The number of aliphatic hydroxyl groups is 1. The number of halogens is 3. The van der Waals surface area contributed by atoms with Crippen molar-refractivity contribution in [3.63, 3.8) is 0 Å². The SMILES string of the molecule is [C-]#[N+]c1ccc(-c2cc(C(=O)N3CCCNCC3)sc2-c2cc3nnn(CC(C)(C)O)c3c(F)c2F)cc1F. The Labute approximate surface area is 226 Å². The Bertz CT molecular complexity index is 1610.